The van der Waals surface area contributed by atoms with Crippen molar-refractivity contribution in [2.24, 2.45) is 0 Å². The van der Waals surface area contributed by atoms with Crippen molar-refractivity contribution >= 4 is 34.4 Å². The van der Waals surface area contributed by atoms with E-state index in [0.717, 1.165) is 31.2 Å². The van der Waals surface area contributed by atoms with Gasteiger partial charge >= 0.3 is 11.9 Å². The number of hydrogen-bond donors (Lipinski definition) is 3. The number of rotatable bonds is 17. The molecule has 3 rings (SSSR count). The summed E-state index contributed by atoms with van der Waals surface area (Å²) in [5, 5.41) is 24.1. The lowest BCUT2D eigenvalue weighted by molar-refractivity contribution is -0.168. The minimum absolute atomic E-state index is 0.320. The Morgan fingerprint density at radius 2 is 1.63 bits per heavy atom. The zero-order valence-electron chi connectivity index (χ0n) is 23.7. The highest BCUT2D eigenvalue weighted by atomic mass is 16.6. The van der Waals surface area contributed by atoms with Gasteiger partial charge in [-0.25, -0.2) is 9.59 Å². The summed E-state index contributed by atoms with van der Waals surface area (Å²) in [6.45, 7) is 3.37. The number of aryl methyl sites for hydroxylation is 2. The highest BCUT2D eigenvalue weighted by molar-refractivity contribution is 5.89. The normalized spacial score (nSPS) is 13.0. The Labute approximate surface area is 241 Å². The molecular formula is C33H39NO7. The molecular weight excluding hydrogens is 522 g/mol. The fraction of sp³-hybridized carbons (Fsp3) is 0.364. The van der Waals surface area contributed by atoms with E-state index in [4.69, 9.17) is 14.6 Å². The number of carboxylic acid groups (broad SMARTS) is 2. The molecule has 0 aliphatic carbocycles. The van der Waals surface area contributed by atoms with Gasteiger partial charge in [0, 0.05) is 12.1 Å². The van der Waals surface area contributed by atoms with Gasteiger partial charge in [0.2, 0.25) is 12.2 Å². The Balaban J connectivity index is 1.64. The molecule has 8 heteroatoms. The largest absolute Gasteiger partial charge is 0.480 e. The molecule has 0 aliphatic rings. The van der Waals surface area contributed by atoms with Crippen LogP contribution in [0.25, 0.3) is 16.5 Å². The van der Waals surface area contributed by atoms with E-state index < -0.39 is 36.7 Å². The Bertz CT molecular complexity index is 1330. The van der Waals surface area contributed by atoms with Crippen molar-refractivity contribution < 1.29 is 34.1 Å². The highest BCUT2D eigenvalue weighted by Crippen LogP contribution is 2.23. The molecule has 3 aromatic carbocycles. The first-order valence-electron chi connectivity index (χ1n) is 14.0. The van der Waals surface area contributed by atoms with Crippen LogP contribution in [0.5, 0.6) is 0 Å². The van der Waals surface area contributed by atoms with Gasteiger partial charge in [0.05, 0.1) is 0 Å². The Kier molecular flexibility index (Phi) is 12.4. The number of allylic oxidation sites excluding steroid dienone is 1. The maximum absolute atomic E-state index is 13.3. The van der Waals surface area contributed by atoms with Crippen LogP contribution in [-0.4, -0.2) is 53.4 Å². The van der Waals surface area contributed by atoms with Crippen LogP contribution in [0.1, 0.15) is 55.7 Å². The van der Waals surface area contributed by atoms with E-state index in [-0.39, 0.29) is 0 Å². The van der Waals surface area contributed by atoms with Gasteiger partial charge in [-0.3, -0.25) is 4.79 Å². The van der Waals surface area contributed by atoms with Crippen molar-refractivity contribution in [2.45, 2.75) is 64.6 Å². The minimum atomic E-state index is -1.81. The molecule has 218 valence electrons. The first-order valence-corrected chi connectivity index (χ1v) is 14.0. The van der Waals surface area contributed by atoms with E-state index in [0.29, 0.717) is 30.7 Å². The highest BCUT2D eigenvalue weighted by Gasteiger charge is 2.38. The van der Waals surface area contributed by atoms with Crippen molar-refractivity contribution in [3.05, 3.63) is 89.5 Å². The van der Waals surface area contributed by atoms with Crippen molar-refractivity contribution in [2.75, 3.05) is 13.2 Å². The number of carbonyl (C=O) groups excluding carboxylic acids is 1. The van der Waals surface area contributed by atoms with Gasteiger partial charge < -0.3 is 25.0 Å². The van der Waals surface area contributed by atoms with Crippen molar-refractivity contribution in [3.8, 4) is 0 Å². The maximum atomic E-state index is 13.3. The summed E-state index contributed by atoms with van der Waals surface area (Å²) in [5.41, 5.74) is 2.97. The van der Waals surface area contributed by atoms with E-state index in [2.05, 4.69) is 35.6 Å². The Morgan fingerprint density at radius 1 is 0.902 bits per heavy atom. The van der Waals surface area contributed by atoms with Crippen LogP contribution < -0.4 is 5.32 Å². The van der Waals surface area contributed by atoms with Crippen LogP contribution in [-0.2, 0) is 30.3 Å². The standard InChI is InChI=1S/C33H39NO7/c1-3-4-13-28(26-17-14-23(2)15-18-26)41-30(31(33(38)39)40-22-29(35)36)32(37)34-20-9-5-6-10-24-16-19-25-11-7-8-12-27(25)21-24/h7-8,11-19,21,30-31H,3-6,9-10,20,22H2,1-2H3,(H,34,37)(H,35,36)(H,38,39)/b28-13+. The summed E-state index contributed by atoms with van der Waals surface area (Å²) < 4.78 is 11.1. The molecule has 0 fully saturated rings. The van der Waals surface area contributed by atoms with Crippen LogP contribution in [0.4, 0.5) is 0 Å². The number of unbranched alkanes of at least 4 members (excludes halogenated alkanes) is 3. The fourth-order valence-electron chi connectivity index (χ4n) is 4.40. The van der Waals surface area contributed by atoms with Crippen molar-refractivity contribution in [3.63, 3.8) is 0 Å². The molecule has 41 heavy (non-hydrogen) atoms. The first-order chi connectivity index (χ1) is 19.8. The smallest absolute Gasteiger partial charge is 0.337 e. The fourth-order valence-corrected chi connectivity index (χ4v) is 4.40. The van der Waals surface area contributed by atoms with Crippen molar-refractivity contribution in [1.29, 1.82) is 0 Å². The van der Waals surface area contributed by atoms with Gasteiger partial charge in [-0.2, -0.15) is 0 Å². The SMILES string of the molecule is CCC/C=C(/OC(C(=O)NCCCCCc1ccc2ccccc2c1)C(OCC(=O)O)C(=O)O)c1ccc(C)cc1. The van der Waals surface area contributed by atoms with Gasteiger partial charge in [-0.05, 0) is 55.0 Å². The second kappa shape index (κ2) is 16.2. The molecule has 0 saturated heterocycles. The van der Waals surface area contributed by atoms with E-state index in [1.54, 1.807) is 6.08 Å². The van der Waals surface area contributed by atoms with Crippen molar-refractivity contribution in [1.82, 2.24) is 5.32 Å². The number of ether oxygens (including phenoxy) is 2. The molecule has 0 bridgehead atoms. The number of fused-ring (bicyclic) bond motifs is 1. The molecule has 8 nitrogen and oxygen atoms in total. The zero-order valence-corrected chi connectivity index (χ0v) is 23.7. The average molecular weight is 562 g/mol. The maximum Gasteiger partial charge on any atom is 0.337 e. The predicted octanol–water partition coefficient (Wildman–Crippen LogP) is 5.76. The summed E-state index contributed by atoms with van der Waals surface area (Å²) in [6.07, 6.45) is 3.26. The molecule has 0 spiro atoms. The quantitative estimate of drug-likeness (QED) is 0.142. The summed E-state index contributed by atoms with van der Waals surface area (Å²) in [5.74, 6) is -3.16. The molecule has 0 saturated carbocycles. The van der Waals surface area contributed by atoms with Gasteiger partial charge in [-0.1, -0.05) is 92.1 Å². The molecule has 2 atom stereocenters. The molecule has 0 aliphatic heterocycles. The van der Waals surface area contributed by atoms with Crippen LogP contribution in [0, 0.1) is 6.92 Å². The predicted molar refractivity (Wildman–Crippen MR) is 158 cm³/mol. The number of carboxylic acids is 2. The second-order valence-electron chi connectivity index (χ2n) is 10.0. The summed E-state index contributed by atoms with van der Waals surface area (Å²) in [4.78, 5) is 36.4. The summed E-state index contributed by atoms with van der Waals surface area (Å²) in [7, 11) is 0. The number of hydrogen-bond acceptors (Lipinski definition) is 5. The molecule has 0 heterocycles. The average Bonchev–Trinajstić information content (AvgIpc) is 2.96. The van der Waals surface area contributed by atoms with E-state index in [1.165, 1.54) is 16.3 Å². The zero-order chi connectivity index (χ0) is 29.6. The Morgan fingerprint density at radius 3 is 2.32 bits per heavy atom. The number of aliphatic carboxylic acids is 2. The third-order valence-electron chi connectivity index (χ3n) is 6.63. The number of nitrogens with one attached hydrogen (secondary N) is 1. The molecule has 0 radical (unpaired) electrons. The van der Waals surface area contributed by atoms with E-state index >= 15 is 0 Å². The van der Waals surface area contributed by atoms with Crippen LogP contribution in [0.2, 0.25) is 0 Å². The van der Waals surface area contributed by atoms with Gasteiger partial charge in [0.25, 0.3) is 5.91 Å². The van der Waals surface area contributed by atoms with Crippen LogP contribution >= 0.6 is 0 Å². The first kappa shape index (κ1) is 31.4. The minimum Gasteiger partial charge on any atom is -0.480 e. The lowest BCUT2D eigenvalue weighted by Crippen LogP contribution is -2.49. The van der Waals surface area contributed by atoms with E-state index in [1.807, 2.05) is 50.2 Å². The lowest BCUT2D eigenvalue weighted by Gasteiger charge is -2.25. The third kappa shape index (κ3) is 10.1. The lowest BCUT2D eigenvalue weighted by atomic mass is 10.0. The molecule has 3 N–H and O–H groups in total. The number of benzene rings is 3. The van der Waals surface area contributed by atoms with E-state index in [9.17, 15) is 19.5 Å². The molecule has 3 aromatic rings. The topological polar surface area (TPSA) is 122 Å². The second-order valence-corrected chi connectivity index (χ2v) is 10.0. The molecule has 2 unspecified atom stereocenters. The third-order valence-corrected chi connectivity index (χ3v) is 6.63. The summed E-state index contributed by atoms with van der Waals surface area (Å²) in [6, 6.07) is 22.1. The van der Waals surface area contributed by atoms with Crippen LogP contribution in [0.3, 0.4) is 0 Å². The van der Waals surface area contributed by atoms with Gasteiger partial charge in [0.15, 0.2) is 0 Å². The summed E-state index contributed by atoms with van der Waals surface area (Å²) >= 11 is 0. The molecule has 1 amide bonds. The number of amides is 1. The Hall–Kier alpha value is -4.17. The molecule has 0 aromatic heterocycles. The van der Waals surface area contributed by atoms with Crippen LogP contribution in [0.15, 0.2) is 72.8 Å². The van der Waals surface area contributed by atoms with Gasteiger partial charge in [0.1, 0.15) is 12.4 Å². The number of carbonyl (C=O) groups is 3. The monoisotopic (exact) mass is 561 g/mol. The van der Waals surface area contributed by atoms with Gasteiger partial charge in [-0.15, -0.1) is 0 Å².